The Morgan fingerprint density at radius 2 is 1.74 bits per heavy atom. The first-order chi connectivity index (χ1) is 18.2. The number of aliphatic hydroxyl groups excluding tert-OH is 1. The van der Waals surface area contributed by atoms with Gasteiger partial charge < -0.3 is 19.5 Å². The lowest BCUT2D eigenvalue weighted by molar-refractivity contribution is -0.139. The van der Waals surface area contributed by atoms with Gasteiger partial charge in [-0.1, -0.05) is 57.2 Å². The Hall–Kier alpha value is -4.06. The molecule has 2 heterocycles. The van der Waals surface area contributed by atoms with Crippen LogP contribution in [0.25, 0.3) is 5.76 Å². The lowest BCUT2D eigenvalue weighted by Crippen LogP contribution is -2.31. The molecule has 2 aliphatic heterocycles. The molecule has 38 heavy (non-hydrogen) atoms. The molecule has 0 radical (unpaired) electrons. The zero-order valence-electron chi connectivity index (χ0n) is 22.3. The average Bonchev–Trinajstić information content (AvgIpc) is 3.49. The smallest absolute Gasteiger partial charge is 0.295 e. The second kappa shape index (κ2) is 10.0. The maximum absolute atomic E-state index is 13.4. The third-order valence-electron chi connectivity index (χ3n) is 7.40. The van der Waals surface area contributed by atoms with E-state index in [1.807, 2.05) is 60.7 Å². The highest BCUT2D eigenvalue weighted by Crippen LogP contribution is 2.41. The quantitative estimate of drug-likeness (QED) is 0.265. The highest BCUT2D eigenvalue weighted by Gasteiger charge is 2.46. The Labute approximate surface area is 223 Å². The van der Waals surface area contributed by atoms with Crippen LogP contribution in [0.5, 0.6) is 11.5 Å². The number of ether oxygens (including phenoxy) is 2. The maximum Gasteiger partial charge on any atom is 0.295 e. The number of methoxy groups -OCH3 is 1. The number of aliphatic hydroxyl groups is 1. The molecule has 0 bridgehead atoms. The van der Waals surface area contributed by atoms with Crippen LogP contribution in [0.2, 0.25) is 0 Å². The van der Waals surface area contributed by atoms with E-state index in [9.17, 15) is 14.7 Å². The Kier molecular flexibility index (Phi) is 6.74. The van der Waals surface area contributed by atoms with E-state index in [4.69, 9.17) is 9.47 Å². The summed E-state index contributed by atoms with van der Waals surface area (Å²) in [6.45, 7) is 7.34. The number of amides is 1. The van der Waals surface area contributed by atoms with E-state index in [1.54, 1.807) is 18.1 Å². The van der Waals surface area contributed by atoms with Crippen LogP contribution in [0, 0.1) is 0 Å². The lowest BCUT2D eigenvalue weighted by Gasteiger charge is -2.26. The van der Waals surface area contributed by atoms with Gasteiger partial charge in [0.15, 0.2) is 0 Å². The van der Waals surface area contributed by atoms with E-state index in [0.29, 0.717) is 25.1 Å². The zero-order chi connectivity index (χ0) is 27.0. The molecule has 1 unspecified atom stereocenters. The minimum absolute atomic E-state index is 0.0405. The Morgan fingerprint density at radius 1 is 1.03 bits per heavy atom. The molecule has 6 nitrogen and oxygen atoms in total. The van der Waals surface area contributed by atoms with Crippen molar-refractivity contribution in [2.24, 2.45) is 0 Å². The molecule has 5 rings (SSSR count). The van der Waals surface area contributed by atoms with E-state index >= 15 is 0 Å². The first-order valence-electron chi connectivity index (χ1n) is 13.0. The summed E-state index contributed by atoms with van der Waals surface area (Å²) in [5.41, 5.74) is 4.53. The van der Waals surface area contributed by atoms with Gasteiger partial charge in [0.2, 0.25) is 0 Å². The summed E-state index contributed by atoms with van der Waals surface area (Å²) in [5.74, 6) is 0.118. The van der Waals surface area contributed by atoms with Gasteiger partial charge in [-0.15, -0.1) is 0 Å². The van der Waals surface area contributed by atoms with E-state index in [1.165, 1.54) is 0 Å². The zero-order valence-corrected chi connectivity index (χ0v) is 22.3. The van der Waals surface area contributed by atoms with Gasteiger partial charge in [-0.3, -0.25) is 9.59 Å². The topological polar surface area (TPSA) is 76.1 Å². The van der Waals surface area contributed by atoms with Gasteiger partial charge in [-0.25, -0.2) is 0 Å². The van der Waals surface area contributed by atoms with Crippen molar-refractivity contribution in [1.82, 2.24) is 4.90 Å². The first kappa shape index (κ1) is 25.6. The molecule has 2 aliphatic rings. The monoisotopic (exact) mass is 511 g/mol. The second-order valence-corrected chi connectivity index (χ2v) is 10.9. The SMILES string of the molecule is COc1ccc(CCN2C(=O)C(=O)/C(=C(\O)c3ccc4c(c3)CCO4)C2c2ccc(C(C)(C)C)cc2)cc1. The van der Waals surface area contributed by atoms with Crippen molar-refractivity contribution in [1.29, 1.82) is 0 Å². The summed E-state index contributed by atoms with van der Waals surface area (Å²) in [4.78, 5) is 28.4. The number of Topliss-reactive ketones (excluding diaryl/α,β-unsaturated/α-hetero) is 1. The summed E-state index contributed by atoms with van der Waals surface area (Å²) in [7, 11) is 1.62. The molecule has 0 aliphatic carbocycles. The maximum atomic E-state index is 13.4. The van der Waals surface area contributed by atoms with Crippen molar-refractivity contribution >= 4 is 17.4 Å². The molecule has 6 heteroatoms. The fourth-order valence-electron chi connectivity index (χ4n) is 5.15. The van der Waals surface area contributed by atoms with Gasteiger partial charge in [0.1, 0.15) is 17.3 Å². The van der Waals surface area contributed by atoms with E-state index in [2.05, 4.69) is 20.8 Å². The standard InChI is InChI=1S/C32H33NO5/c1-32(2,3)24-10-7-21(8-11-24)28-27(29(34)23-9-14-26-22(19-23)16-18-38-26)30(35)31(36)33(28)17-15-20-5-12-25(37-4)13-6-20/h5-14,19,28,34H,15-18H2,1-4H3/b29-27-. The fourth-order valence-corrected chi connectivity index (χ4v) is 5.15. The third kappa shape index (κ3) is 4.78. The van der Waals surface area contributed by atoms with Crippen LogP contribution in [-0.4, -0.2) is 42.0 Å². The number of likely N-dealkylation sites (tertiary alicyclic amines) is 1. The minimum Gasteiger partial charge on any atom is -0.507 e. The van der Waals surface area contributed by atoms with Gasteiger partial charge in [0.25, 0.3) is 11.7 Å². The van der Waals surface area contributed by atoms with Gasteiger partial charge in [0.05, 0.1) is 25.3 Å². The summed E-state index contributed by atoms with van der Waals surface area (Å²) in [5, 5.41) is 11.4. The molecule has 0 aromatic heterocycles. The fraction of sp³-hybridized carbons (Fsp3) is 0.312. The number of carbonyl (C=O) groups excluding carboxylic acids is 2. The number of ketones is 1. The van der Waals surface area contributed by atoms with Crippen LogP contribution in [0.4, 0.5) is 0 Å². The molecule has 196 valence electrons. The molecule has 1 atom stereocenters. The molecule has 1 saturated heterocycles. The third-order valence-corrected chi connectivity index (χ3v) is 7.40. The highest BCUT2D eigenvalue weighted by molar-refractivity contribution is 6.46. The highest BCUT2D eigenvalue weighted by atomic mass is 16.5. The van der Waals surface area contributed by atoms with Crippen molar-refractivity contribution in [2.75, 3.05) is 20.3 Å². The lowest BCUT2D eigenvalue weighted by atomic mass is 9.85. The number of hydrogen-bond acceptors (Lipinski definition) is 5. The first-order valence-corrected chi connectivity index (χ1v) is 13.0. The minimum atomic E-state index is -0.688. The number of rotatable bonds is 6. The molecule has 0 spiro atoms. The van der Waals surface area contributed by atoms with E-state index < -0.39 is 17.7 Å². The molecule has 1 fully saturated rings. The summed E-state index contributed by atoms with van der Waals surface area (Å²) >= 11 is 0. The van der Waals surface area contributed by atoms with Crippen LogP contribution in [-0.2, 0) is 27.8 Å². The molecular weight excluding hydrogens is 478 g/mol. The van der Waals surface area contributed by atoms with Crippen molar-refractivity contribution in [3.05, 3.63) is 100 Å². The van der Waals surface area contributed by atoms with Gasteiger partial charge in [0, 0.05) is 18.5 Å². The van der Waals surface area contributed by atoms with Crippen LogP contribution in [0.15, 0.2) is 72.3 Å². The summed E-state index contributed by atoms with van der Waals surface area (Å²) < 4.78 is 10.8. The van der Waals surface area contributed by atoms with Crippen LogP contribution in [0.3, 0.4) is 0 Å². The predicted molar refractivity (Wildman–Crippen MR) is 146 cm³/mol. The number of carbonyl (C=O) groups is 2. The van der Waals surface area contributed by atoms with Gasteiger partial charge in [-0.2, -0.15) is 0 Å². The Morgan fingerprint density at radius 3 is 2.39 bits per heavy atom. The summed E-state index contributed by atoms with van der Waals surface area (Å²) in [6.07, 6.45) is 1.30. The van der Waals surface area contributed by atoms with E-state index in [0.717, 1.165) is 40.2 Å². The normalized spacial score (nSPS) is 18.4. The Bertz CT molecular complexity index is 1400. The van der Waals surface area contributed by atoms with E-state index in [-0.39, 0.29) is 16.7 Å². The van der Waals surface area contributed by atoms with Crippen molar-refractivity contribution in [3.8, 4) is 11.5 Å². The van der Waals surface area contributed by atoms with Crippen molar-refractivity contribution in [2.45, 2.75) is 45.1 Å². The van der Waals surface area contributed by atoms with Gasteiger partial charge >= 0.3 is 0 Å². The molecule has 3 aromatic carbocycles. The number of nitrogens with zero attached hydrogens (tertiary/aromatic N) is 1. The molecule has 1 N–H and O–H groups in total. The number of hydrogen-bond donors (Lipinski definition) is 1. The average molecular weight is 512 g/mol. The van der Waals surface area contributed by atoms with Crippen LogP contribution >= 0.6 is 0 Å². The number of fused-ring (bicyclic) bond motifs is 1. The van der Waals surface area contributed by atoms with Gasteiger partial charge in [-0.05, 0) is 64.4 Å². The predicted octanol–water partition coefficient (Wildman–Crippen LogP) is 5.59. The molecular formula is C32H33NO5. The van der Waals surface area contributed by atoms with Crippen molar-refractivity contribution in [3.63, 3.8) is 0 Å². The molecule has 1 amide bonds. The largest absolute Gasteiger partial charge is 0.507 e. The van der Waals surface area contributed by atoms with Crippen LogP contribution in [0.1, 0.15) is 54.6 Å². The Balaban J connectivity index is 1.55. The number of benzene rings is 3. The van der Waals surface area contributed by atoms with Crippen molar-refractivity contribution < 1.29 is 24.2 Å². The summed E-state index contributed by atoms with van der Waals surface area (Å²) in [6, 6.07) is 20.4. The second-order valence-electron chi connectivity index (χ2n) is 10.9. The van der Waals surface area contributed by atoms with Crippen LogP contribution < -0.4 is 9.47 Å². The molecule has 3 aromatic rings. The molecule has 0 saturated carbocycles.